The topological polar surface area (TPSA) is 38.9 Å². The second-order valence-electron chi connectivity index (χ2n) is 4.85. The number of pyridine rings is 1. The molecule has 1 saturated carbocycles. The van der Waals surface area contributed by atoms with Crippen LogP contribution in [0.5, 0.6) is 0 Å². The summed E-state index contributed by atoms with van der Waals surface area (Å²) in [7, 11) is 0. The molecule has 0 amide bonds. The standard InChI is InChI=1S/C14H16N2/c1-10(15)14(6-7-14)13-4-2-3-11-9-16-8-5-12(11)13/h2-5,8-10H,6-7,15H2,1H3. The van der Waals surface area contributed by atoms with Gasteiger partial charge in [-0.3, -0.25) is 4.98 Å². The zero-order valence-electron chi connectivity index (χ0n) is 9.48. The number of rotatable bonds is 2. The molecule has 1 fully saturated rings. The number of hydrogen-bond acceptors (Lipinski definition) is 2. The normalized spacial score (nSPS) is 19.6. The minimum absolute atomic E-state index is 0.223. The summed E-state index contributed by atoms with van der Waals surface area (Å²) in [6.07, 6.45) is 6.22. The van der Waals surface area contributed by atoms with Gasteiger partial charge in [0.05, 0.1) is 0 Å². The Labute approximate surface area is 95.5 Å². The fourth-order valence-corrected chi connectivity index (χ4v) is 2.66. The highest BCUT2D eigenvalue weighted by Crippen LogP contribution is 2.52. The van der Waals surface area contributed by atoms with Crippen LogP contribution in [0, 0.1) is 0 Å². The molecule has 2 N–H and O–H groups in total. The third-order valence-corrected chi connectivity index (χ3v) is 3.88. The van der Waals surface area contributed by atoms with Gasteiger partial charge in [0, 0.05) is 29.2 Å². The first-order valence-corrected chi connectivity index (χ1v) is 5.83. The van der Waals surface area contributed by atoms with Gasteiger partial charge in [-0.05, 0) is 36.8 Å². The number of fused-ring (bicyclic) bond motifs is 1. The molecule has 1 aliphatic carbocycles. The van der Waals surface area contributed by atoms with Crippen molar-refractivity contribution in [2.24, 2.45) is 5.73 Å². The average Bonchev–Trinajstić information content (AvgIpc) is 3.09. The SMILES string of the molecule is CC(N)C1(c2cccc3cnccc23)CC1. The number of benzene rings is 1. The summed E-state index contributed by atoms with van der Waals surface area (Å²) in [5, 5.41) is 2.53. The molecule has 0 spiro atoms. The summed E-state index contributed by atoms with van der Waals surface area (Å²) in [5.41, 5.74) is 7.77. The summed E-state index contributed by atoms with van der Waals surface area (Å²) in [5.74, 6) is 0. The zero-order valence-corrected chi connectivity index (χ0v) is 9.48. The fourth-order valence-electron chi connectivity index (χ4n) is 2.66. The molecule has 1 aromatic carbocycles. The van der Waals surface area contributed by atoms with Gasteiger partial charge >= 0.3 is 0 Å². The van der Waals surface area contributed by atoms with Gasteiger partial charge in [-0.1, -0.05) is 18.2 Å². The molecule has 0 saturated heterocycles. The summed E-state index contributed by atoms with van der Waals surface area (Å²) in [6, 6.07) is 8.78. The minimum Gasteiger partial charge on any atom is -0.327 e. The fraction of sp³-hybridized carbons (Fsp3) is 0.357. The molecule has 0 aliphatic heterocycles. The van der Waals surface area contributed by atoms with Crippen molar-refractivity contribution in [1.29, 1.82) is 0 Å². The van der Waals surface area contributed by atoms with Crippen LogP contribution in [0.25, 0.3) is 10.8 Å². The van der Waals surface area contributed by atoms with Gasteiger partial charge in [0.1, 0.15) is 0 Å². The Morgan fingerprint density at radius 3 is 2.81 bits per heavy atom. The van der Waals surface area contributed by atoms with Crippen LogP contribution in [-0.2, 0) is 5.41 Å². The zero-order chi connectivity index (χ0) is 11.2. The van der Waals surface area contributed by atoms with E-state index in [0.29, 0.717) is 0 Å². The Balaban J connectivity index is 2.25. The van der Waals surface area contributed by atoms with E-state index in [1.54, 1.807) is 0 Å². The van der Waals surface area contributed by atoms with Crippen LogP contribution < -0.4 is 5.73 Å². The van der Waals surface area contributed by atoms with E-state index in [-0.39, 0.29) is 11.5 Å². The van der Waals surface area contributed by atoms with Crippen LogP contribution >= 0.6 is 0 Å². The van der Waals surface area contributed by atoms with Crippen LogP contribution in [0.3, 0.4) is 0 Å². The Hall–Kier alpha value is -1.41. The van der Waals surface area contributed by atoms with E-state index in [0.717, 1.165) is 0 Å². The van der Waals surface area contributed by atoms with E-state index in [2.05, 4.69) is 36.2 Å². The molecule has 1 atom stereocenters. The Morgan fingerprint density at radius 2 is 2.12 bits per heavy atom. The van der Waals surface area contributed by atoms with Crippen LogP contribution in [0.4, 0.5) is 0 Å². The summed E-state index contributed by atoms with van der Waals surface area (Å²) >= 11 is 0. The lowest BCUT2D eigenvalue weighted by molar-refractivity contribution is 0.560. The number of nitrogens with zero attached hydrogens (tertiary/aromatic N) is 1. The molecule has 1 heterocycles. The van der Waals surface area contributed by atoms with E-state index in [1.807, 2.05) is 12.4 Å². The van der Waals surface area contributed by atoms with Gasteiger partial charge < -0.3 is 5.73 Å². The van der Waals surface area contributed by atoms with Crippen molar-refractivity contribution >= 4 is 10.8 Å². The van der Waals surface area contributed by atoms with E-state index in [1.165, 1.54) is 29.2 Å². The van der Waals surface area contributed by atoms with E-state index in [9.17, 15) is 0 Å². The maximum absolute atomic E-state index is 6.14. The molecule has 3 rings (SSSR count). The molecule has 0 radical (unpaired) electrons. The number of aromatic nitrogens is 1. The molecule has 2 aromatic rings. The summed E-state index contributed by atoms with van der Waals surface area (Å²) < 4.78 is 0. The van der Waals surface area contributed by atoms with Gasteiger partial charge in [0.2, 0.25) is 0 Å². The van der Waals surface area contributed by atoms with Crippen molar-refractivity contribution in [3.05, 3.63) is 42.2 Å². The van der Waals surface area contributed by atoms with Gasteiger partial charge in [-0.25, -0.2) is 0 Å². The van der Waals surface area contributed by atoms with Crippen molar-refractivity contribution in [2.45, 2.75) is 31.2 Å². The maximum Gasteiger partial charge on any atom is 0.0346 e. The largest absolute Gasteiger partial charge is 0.327 e. The Bertz CT molecular complexity index is 522. The first-order valence-electron chi connectivity index (χ1n) is 5.83. The minimum atomic E-state index is 0.223. The highest BCUT2D eigenvalue weighted by molar-refractivity contribution is 5.86. The lowest BCUT2D eigenvalue weighted by Gasteiger charge is -2.21. The Kier molecular flexibility index (Phi) is 2.01. The molecule has 2 nitrogen and oxygen atoms in total. The first-order chi connectivity index (χ1) is 7.74. The second kappa shape index (κ2) is 3.29. The molecule has 1 unspecified atom stereocenters. The third kappa shape index (κ3) is 1.26. The highest BCUT2D eigenvalue weighted by atomic mass is 14.7. The quantitative estimate of drug-likeness (QED) is 0.831. The predicted molar refractivity (Wildman–Crippen MR) is 66.3 cm³/mol. The molecule has 82 valence electrons. The molecule has 1 aromatic heterocycles. The molecular weight excluding hydrogens is 196 g/mol. The van der Waals surface area contributed by atoms with Crippen LogP contribution in [0.15, 0.2) is 36.7 Å². The summed E-state index contributed by atoms with van der Waals surface area (Å²) in [6.45, 7) is 2.12. The number of nitrogens with two attached hydrogens (primary N) is 1. The van der Waals surface area contributed by atoms with Gasteiger partial charge in [0.25, 0.3) is 0 Å². The predicted octanol–water partition coefficient (Wildman–Crippen LogP) is 2.61. The smallest absolute Gasteiger partial charge is 0.0346 e. The average molecular weight is 212 g/mol. The summed E-state index contributed by atoms with van der Waals surface area (Å²) in [4.78, 5) is 4.17. The Morgan fingerprint density at radius 1 is 1.31 bits per heavy atom. The monoisotopic (exact) mass is 212 g/mol. The van der Waals surface area contributed by atoms with Crippen molar-refractivity contribution in [2.75, 3.05) is 0 Å². The molecular formula is C14H16N2. The van der Waals surface area contributed by atoms with E-state index < -0.39 is 0 Å². The maximum atomic E-state index is 6.14. The lowest BCUT2D eigenvalue weighted by atomic mass is 9.86. The van der Waals surface area contributed by atoms with Crippen molar-refractivity contribution < 1.29 is 0 Å². The first kappa shape index (κ1) is 9.79. The lowest BCUT2D eigenvalue weighted by Crippen LogP contribution is -2.31. The van der Waals surface area contributed by atoms with Gasteiger partial charge in [0.15, 0.2) is 0 Å². The second-order valence-corrected chi connectivity index (χ2v) is 4.85. The van der Waals surface area contributed by atoms with E-state index in [4.69, 9.17) is 5.73 Å². The highest BCUT2D eigenvalue weighted by Gasteiger charge is 2.48. The molecule has 0 bridgehead atoms. The van der Waals surface area contributed by atoms with Crippen LogP contribution in [-0.4, -0.2) is 11.0 Å². The van der Waals surface area contributed by atoms with Gasteiger partial charge in [-0.2, -0.15) is 0 Å². The third-order valence-electron chi connectivity index (χ3n) is 3.88. The van der Waals surface area contributed by atoms with Gasteiger partial charge in [-0.15, -0.1) is 0 Å². The molecule has 2 heteroatoms. The van der Waals surface area contributed by atoms with E-state index >= 15 is 0 Å². The molecule has 1 aliphatic rings. The number of hydrogen-bond donors (Lipinski definition) is 1. The van der Waals surface area contributed by atoms with Crippen molar-refractivity contribution in [3.63, 3.8) is 0 Å². The van der Waals surface area contributed by atoms with Crippen LogP contribution in [0.2, 0.25) is 0 Å². The van der Waals surface area contributed by atoms with Crippen molar-refractivity contribution in [3.8, 4) is 0 Å². The molecule has 16 heavy (non-hydrogen) atoms. The van der Waals surface area contributed by atoms with Crippen molar-refractivity contribution in [1.82, 2.24) is 4.98 Å². The van der Waals surface area contributed by atoms with Crippen LogP contribution in [0.1, 0.15) is 25.3 Å².